The van der Waals surface area contributed by atoms with Crippen LogP contribution in [0.3, 0.4) is 0 Å². The number of hydrogen-bond donors (Lipinski definition) is 1. The molecule has 1 aromatic carbocycles. The number of piperazine rings is 1. The van der Waals surface area contributed by atoms with Crippen LogP contribution in [0.2, 0.25) is 0 Å². The van der Waals surface area contributed by atoms with Gasteiger partial charge in [-0.25, -0.2) is 16.8 Å². The first kappa shape index (κ1) is 32.2. The minimum Gasteiger partial charge on any atom is -0.376 e. The van der Waals surface area contributed by atoms with E-state index in [9.17, 15) is 35.1 Å². The fraction of sp³-hybridized carbons (Fsp3) is 0.407. The number of thiocarbonyl (C=S) groups is 1. The van der Waals surface area contributed by atoms with E-state index in [0.29, 0.717) is 24.6 Å². The van der Waals surface area contributed by atoms with Gasteiger partial charge < -0.3 is 10.0 Å². The first-order valence-corrected chi connectivity index (χ1v) is 16.6. The summed E-state index contributed by atoms with van der Waals surface area (Å²) in [6.45, 7) is 0.580. The molecule has 2 atom stereocenters. The van der Waals surface area contributed by atoms with Gasteiger partial charge in [-0.1, -0.05) is 42.6 Å². The van der Waals surface area contributed by atoms with E-state index in [-0.39, 0.29) is 48.1 Å². The van der Waals surface area contributed by atoms with Crippen LogP contribution in [0.5, 0.6) is 0 Å². The quantitative estimate of drug-likeness (QED) is 0.414. The lowest BCUT2D eigenvalue weighted by molar-refractivity contribution is -0.258. The maximum atomic E-state index is 13.6. The smallest absolute Gasteiger partial charge is 0.376 e. The molecule has 0 unspecified atom stereocenters. The number of halogens is 3. The van der Waals surface area contributed by atoms with Gasteiger partial charge in [0.25, 0.3) is 0 Å². The van der Waals surface area contributed by atoms with Crippen LogP contribution in [-0.4, -0.2) is 85.1 Å². The molecular weight excluding hydrogens is 614 g/mol. The zero-order chi connectivity index (χ0) is 30.9. The maximum Gasteiger partial charge on any atom is 0.421 e. The highest BCUT2D eigenvalue weighted by molar-refractivity contribution is 7.96. The normalized spacial score (nSPS) is 20.5. The zero-order valence-corrected chi connectivity index (χ0v) is 25.3. The second kappa shape index (κ2) is 12.1. The molecule has 1 fully saturated rings. The summed E-state index contributed by atoms with van der Waals surface area (Å²) in [5.41, 5.74) is -2.37. The van der Waals surface area contributed by atoms with E-state index in [0.717, 1.165) is 18.4 Å². The zero-order valence-electron chi connectivity index (χ0n) is 22.9. The lowest BCUT2D eigenvalue weighted by atomic mass is 9.95. The summed E-state index contributed by atoms with van der Waals surface area (Å²) in [4.78, 5) is 6.10. The minimum absolute atomic E-state index is 0.0151. The van der Waals surface area contributed by atoms with Crippen molar-refractivity contribution in [2.75, 3.05) is 37.3 Å². The Hall–Kier alpha value is -2.69. The molecule has 0 spiro atoms. The molecule has 228 valence electrons. The minimum atomic E-state index is -4.90. The van der Waals surface area contributed by atoms with Gasteiger partial charge in [-0.15, -0.1) is 0 Å². The molecule has 2 aromatic rings. The molecule has 0 bridgehead atoms. The summed E-state index contributed by atoms with van der Waals surface area (Å²) in [6.07, 6.45) is 4.36. The number of sulfonamides is 2. The molecule has 1 aliphatic carbocycles. The molecule has 42 heavy (non-hydrogen) atoms. The Kier molecular flexibility index (Phi) is 9.31. The van der Waals surface area contributed by atoms with Gasteiger partial charge in [0.2, 0.25) is 20.0 Å². The molecule has 9 nitrogen and oxygen atoms in total. The predicted octanol–water partition coefficient (Wildman–Crippen LogP) is 3.35. The van der Waals surface area contributed by atoms with E-state index in [1.165, 1.54) is 33.0 Å². The lowest BCUT2D eigenvalue weighted by Crippen LogP contribution is -2.59. The van der Waals surface area contributed by atoms with E-state index < -0.39 is 37.9 Å². The average Bonchev–Trinajstić information content (AvgIpc) is 2.92. The van der Waals surface area contributed by atoms with Crippen LogP contribution in [0, 0.1) is 0 Å². The SMILES string of the molecule is C[C@](O)(c1ccc(N2CCN(S(=O)(=O)C3=CC=CCC3=S)C[C@@H]2CN(Cc2cccnc2)S(C)(=O)=O)cc1)C(F)(F)F. The van der Waals surface area contributed by atoms with Gasteiger partial charge in [0, 0.05) is 62.1 Å². The van der Waals surface area contributed by atoms with Crippen molar-refractivity contribution >= 4 is 42.8 Å². The Balaban J connectivity index is 1.69. The highest BCUT2D eigenvalue weighted by atomic mass is 32.2. The van der Waals surface area contributed by atoms with Gasteiger partial charge in [-0.05, 0) is 42.3 Å². The average molecular weight is 645 g/mol. The second-order valence-electron chi connectivity index (χ2n) is 10.3. The molecule has 2 heterocycles. The molecule has 1 saturated heterocycles. The second-order valence-corrected chi connectivity index (χ2v) is 14.7. The Bertz CT molecular complexity index is 1580. The van der Waals surface area contributed by atoms with Crippen molar-refractivity contribution in [3.05, 3.63) is 83.1 Å². The Morgan fingerprint density at radius 3 is 2.38 bits per heavy atom. The number of aliphatic hydroxyl groups is 1. The summed E-state index contributed by atoms with van der Waals surface area (Å²) in [6, 6.07) is 7.79. The van der Waals surface area contributed by atoms with Crippen molar-refractivity contribution in [2.45, 2.75) is 37.7 Å². The van der Waals surface area contributed by atoms with Crippen LogP contribution in [0.4, 0.5) is 18.9 Å². The van der Waals surface area contributed by atoms with Crippen LogP contribution < -0.4 is 4.90 Å². The van der Waals surface area contributed by atoms with Crippen molar-refractivity contribution < 1.29 is 35.1 Å². The fourth-order valence-electron chi connectivity index (χ4n) is 4.82. The van der Waals surface area contributed by atoms with E-state index in [1.807, 2.05) is 0 Å². The lowest BCUT2D eigenvalue weighted by Gasteiger charge is -2.44. The highest BCUT2D eigenvalue weighted by Gasteiger charge is 2.51. The third-order valence-electron chi connectivity index (χ3n) is 7.30. The predicted molar refractivity (Wildman–Crippen MR) is 158 cm³/mol. The molecule has 0 saturated carbocycles. The number of pyridine rings is 1. The Labute approximate surface area is 249 Å². The molecule has 0 radical (unpaired) electrons. The van der Waals surface area contributed by atoms with Gasteiger partial charge in [0.05, 0.1) is 17.2 Å². The number of allylic oxidation sites excluding steroid dienone is 4. The summed E-state index contributed by atoms with van der Waals surface area (Å²) >= 11 is 5.30. The molecule has 1 aromatic heterocycles. The molecule has 15 heteroatoms. The van der Waals surface area contributed by atoms with Crippen molar-refractivity contribution in [2.24, 2.45) is 0 Å². The van der Waals surface area contributed by atoms with Gasteiger partial charge in [-0.2, -0.15) is 21.8 Å². The highest BCUT2D eigenvalue weighted by Crippen LogP contribution is 2.39. The molecule has 1 N–H and O–H groups in total. The number of hydrogen-bond acceptors (Lipinski definition) is 8. The van der Waals surface area contributed by atoms with Crippen molar-refractivity contribution in [3.63, 3.8) is 0 Å². The first-order chi connectivity index (χ1) is 19.5. The van der Waals surface area contributed by atoms with Crippen molar-refractivity contribution in [1.82, 2.24) is 13.6 Å². The van der Waals surface area contributed by atoms with Crippen LogP contribution in [0.1, 0.15) is 24.5 Å². The monoisotopic (exact) mass is 644 g/mol. The Morgan fingerprint density at radius 2 is 1.81 bits per heavy atom. The van der Waals surface area contributed by atoms with E-state index >= 15 is 0 Å². The van der Waals surface area contributed by atoms with Gasteiger partial charge in [0.15, 0.2) is 5.60 Å². The summed E-state index contributed by atoms with van der Waals surface area (Å²) < 4.78 is 95.6. The number of alkyl halides is 3. The number of aromatic nitrogens is 1. The van der Waals surface area contributed by atoms with Crippen LogP contribution >= 0.6 is 12.2 Å². The standard InChI is InChI=1S/C27H31F3N4O5S3/c1-26(35,27(28,29)30)21-9-11-22(12-10-21)34-15-14-32(42(38,39)25-8-4-3-7-24(25)40)18-23(34)19-33(41(2,36)37)17-20-6-5-13-31-16-20/h3-6,8-13,16,23,35H,7,14-15,17-19H2,1-2H3/t23-,26+/m1/s1. The number of anilines is 1. The number of benzene rings is 1. The van der Waals surface area contributed by atoms with Gasteiger partial charge in [0.1, 0.15) is 0 Å². The topological polar surface area (TPSA) is 111 Å². The fourth-order valence-corrected chi connectivity index (χ4v) is 7.72. The van der Waals surface area contributed by atoms with Crippen molar-refractivity contribution in [1.29, 1.82) is 0 Å². The maximum absolute atomic E-state index is 13.6. The third kappa shape index (κ3) is 6.92. The van der Waals surface area contributed by atoms with E-state index in [2.05, 4.69) is 4.98 Å². The first-order valence-electron chi connectivity index (χ1n) is 12.9. The summed E-state index contributed by atoms with van der Waals surface area (Å²) in [5, 5.41) is 10.1. The Morgan fingerprint density at radius 1 is 1.12 bits per heavy atom. The number of rotatable bonds is 9. The largest absolute Gasteiger partial charge is 0.421 e. The molecule has 4 rings (SSSR count). The van der Waals surface area contributed by atoms with E-state index in [4.69, 9.17) is 12.2 Å². The summed E-state index contributed by atoms with van der Waals surface area (Å²) in [5.74, 6) is 0. The van der Waals surface area contributed by atoms with Crippen molar-refractivity contribution in [3.8, 4) is 0 Å². The molecular formula is C27H31F3N4O5S3. The summed E-state index contributed by atoms with van der Waals surface area (Å²) in [7, 11) is -7.79. The number of nitrogens with zero attached hydrogens (tertiary/aromatic N) is 4. The van der Waals surface area contributed by atoms with Crippen LogP contribution in [-0.2, 0) is 32.2 Å². The molecule has 1 aliphatic heterocycles. The molecule has 2 aliphatic rings. The molecule has 0 amide bonds. The van der Waals surface area contributed by atoms with Crippen LogP contribution in [0.25, 0.3) is 0 Å². The van der Waals surface area contributed by atoms with E-state index in [1.54, 1.807) is 35.4 Å². The third-order valence-corrected chi connectivity index (χ3v) is 11.0. The van der Waals surface area contributed by atoms with Gasteiger partial charge in [-0.3, -0.25) is 4.98 Å². The van der Waals surface area contributed by atoms with Gasteiger partial charge >= 0.3 is 6.18 Å². The van der Waals surface area contributed by atoms with Crippen LogP contribution in [0.15, 0.2) is 71.9 Å².